The number of amides is 1. The van der Waals surface area contributed by atoms with E-state index in [-0.39, 0.29) is 18.3 Å². The second-order valence-corrected chi connectivity index (χ2v) is 9.97. The highest BCUT2D eigenvalue weighted by molar-refractivity contribution is 5.88. The van der Waals surface area contributed by atoms with Gasteiger partial charge in [0.2, 0.25) is 5.91 Å². The lowest BCUT2D eigenvalue weighted by Gasteiger charge is -2.45. The molecule has 1 atom stereocenters. The van der Waals surface area contributed by atoms with Crippen LogP contribution in [-0.4, -0.2) is 60.7 Å². The summed E-state index contributed by atoms with van der Waals surface area (Å²) >= 11 is 0. The first-order valence-electron chi connectivity index (χ1n) is 12.7. The molecule has 3 fully saturated rings. The molecule has 0 saturated carbocycles. The van der Waals surface area contributed by atoms with E-state index >= 15 is 0 Å². The van der Waals surface area contributed by atoms with Crippen molar-refractivity contribution in [1.29, 1.82) is 0 Å². The van der Waals surface area contributed by atoms with Crippen molar-refractivity contribution >= 4 is 17.6 Å². The van der Waals surface area contributed by atoms with E-state index in [0.717, 1.165) is 38.3 Å². The number of carbonyl (C=O) groups excluding carboxylic acids is 2. The molecule has 1 spiro atoms. The summed E-state index contributed by atoms with van der Waals surface area (Å²) in [7, 11) is 1.40. The monoisotopic (exact) mass is 477 g/mol. The van der Waals surface area contributed by atoms with Gasteiger partial charge in [0.15, 0.2) is 0 Å². The number of piperidine rings is 1. The standard InChI is InChI=1S/C28H35N3O4/c1-34-27(33)25-19-26(32)31(35-21-23-7-3-2-4-8-23)28(25)13-17-29(18-14-28)20-22-9-11-24(12-10-22)30-15-5-6-16-30/h2-4,7-12,25H,5-6,13-21H2,1H3. The second kappa shape index (κ2) is 10.4. The lowest BCUT2D eigenvalue weighted by Crippen LogP contribution is -2.57. The van der Waals surface area contributed by atoms with Crippen molar-refractivity contribution in [3.05, 3.63) is 65.7 Å². The van der Waals surface area contributed by atoms with Gasteiger partial charge in [-0.05, 0) is 48.9 Å². The number of hydrogen-bond acceptors (Lipinski definition) is 6. The molecule has 3 aliphatic heterocycles. The molecular weight excluding hydrogens is 442 g/mol. The lowest BCUT2D eigenvalue weighted by atomic mass is 9.77. The predicted molar refractivity (Wildman–Crippen MR) is 133 cm³/mol. The average Bonchev–Trinajstić information content (AvgIpc) is 3.52. The summed E-state index contributed by atoms with van der Waals surface area (Å²) in [5.41, 5.74) is 2.93. The number of rotatable bonds is 7. The molecule has 2 aromatic rings. The third-order valence-electron chi connectivity index (χ3n) is 7.88. The van der Waals surface area contributed by atoms with Gasteiger partial charge >= 0.3 is 5.97 Å². The van der Waals surface area contributed by atoms with E-state index in [4.69, 9.17) is 9.57 Å². The molecule has 3 heterocycles. The van der Waals surface area contributed by atoms with Crippen LogP contribution >= 0.6 is 0 Å². The van der Waals surface area contributed by atoms with Crippen LogP contribution in [-0.2, 0) is 32.3 Å². The van der Waals surface area contributed by atoms with Crippen LogP contribution in [0.25, 0.3) is 0 Å². The summed E-state index contributed by atoms with van der Waals surface area (Å²) in [6.07, 6.45) is 4.05. The van der Waals surface area contributed by atoms with Gasteiger partial charge < -0.3 is 9.64 Å². The number of benzene rings is 2. The second-order valence-electron chi connectivity index (χ2n) is 9.97. The molecule has 0 aliphatic carbocycles. The molecule has 7 nitrogen and oxygen atoms in total. The van der Waals surface area contributed by atoms with Crippen molar-refractivity contribution in [2.75, 3.05) is 38.2 Å². The fourth-order valence-corrected chi connectivity index (χ4v) is 5.89. The predicted octanol–water partition coefficient (Wildman–Crippen LogP) is 3.77. The molecule has 7 heteroatoms. The normalized spacial score (nSPS) is 22.2. The molecule has 1 amide bonds. The highest BCUT2D eigenvalue weighted by atomic mass is 16.7. The van der Waals surface area contributed by atoms with E-state index < -0.39 is 11.5 Å². The first-order chi connectivity index (χ1) is 17.1. The summed E-state index contributed by atoms with van der Waals surface area (Å²) in [4.78, 5) is 36.6. The Kier molecular flexibility index (Phi) is 7.07. The van der Waals surface area contributed by atoms with Gasteiger partial charge in [0.05, 0.1) is 18.6 Å². The smallest absolute Gasteiger partial charge is 0.311 e. The first kappa shape index (κ1) is 23.8. The number of esters is 1. The van der Waals surface area contributed by atoms with Crippen LogP contribution in [0, 0.1) is 5.92 Å². The first-order valence-corrected chi connectivity index (χ1v) is 12.7. The molecule has 0 aromatic heterocycles. The molecule has 35 heavy (non-hydrogen) atoms. The van der Waals surface area contributed by atoms with Crippen molar-refractivity contribution in [2.24, 2.45) is 5.92 Å². The van der Waals surface area contributed by atoms with Gasteiger partial charge in [-0.3, -0.25) is 19.3 Å². The number of ether oxygens (including phenoxy) is 1. The minimum absolute atomic E-state index is 0.137. The molecule has 5 rings (SSSR count). The van der Waals surface area contributed by atoms with Gasteiger partial charge in [-0.1, -0.05) is 42.5 Å². The Hall–Kier alpha value is -2.90. The van der Waals surface area contributed by atoms with Crippen LogP contribution in [0.15, 0.2) is 54.6 Å². The topological polar surface area (TPSA) is 62.3 Å². The number of carbonyl (C=O) groups is 2. The number of nitrogens with zero attached hydrogens (tertiary/aromatic N) is 3. The largest absolute Gasteiger partial charge is 0.469 e. The molecule has 0 bridgehead atoms. The molecule has 0 N–H and O–H groups in total. The van der Waals surface area contributed by atoms with Crippen molar-refractivity contribution in [2.45, 2.75) is 50.8 Å². The number of hydrogen-bond donors (Lipinski definition) is 0. The van der Waals surface area contributed by atoms with Crippen molar-refractivity contribution in [1.82, 2.24) is 9.96 Å². The van der Waals surface area contributed by atoms with Gasteiger partial charge in [-0.15, -0.1) is 0 Å². The zero-order valence-corrected chi connectivity index (χ0v) is 20.5. The number of anilines is 1. The van der Waals surface area contributed by atoms with E-state index in [1.54, 1.807) is 0 Å². The van der Waals surface area contributed by atoms with E-state index in [9.17, 15) is 9.59 Å². The third-order valence-corrected chi connectivity index (χ3v) is 7.88. The molecule has 3 aliphatic rings. The Balaban J connectivity index is 1.25. The highest BCUT2D eigenvalue weighted by Gasteiger charge is 2.58. The van der Waals surface area contributed by atoms with Crippen molar-refractivity contribution < 1.29 is 19.2 Å². The summed E-state index contributed by atoms with van der Waals surface area (Å²) in [5.74, 6) is -0.963. The number of hydroxylamine groups is 2. The van der Waals surface area contributed by atoms with Crippen LogP contribution in [0.5, 0.6) is 0 Å². The Morgan fingerprint density at radius 2 is 1.63 bits per heavy atom. The Labute approximate surface area is 207 Å². The average molecular weight is 478 g/mol. The van der Waals surface area contributed by atoms with Crippen LogP contribution in [0.1, 0.15) is 43.2 Å². The summed E-state index contributed by atoms with van der Waals surface area (Å²) < 4.78 is 5.11. The highest BCUT2D eigenvalue weighted by Crippen LogP contribution is 2.45. The van der Waals surface area contributed by atoms with Crippen LogP contribution < -0.4 is 4.90 Å². The zero-order chi connectivity index (χ0) is 24.3. The van der Waals surface area contributed by atoms with Crippen LogP contribution in [0.2, 0.25) is 0 Å². The van der Waals surface area contributed by atoms with E-state index in [2.05, 4.69) is 34.1 Å². The maximum absolute atomic E-state index is 13.0. The Morgan fingerprint density at radius 3 is 2.29 bits per heavy atom. The SMILES string of the molecule is COC(=O)C1CC(=O)N(OCc2ccccc2)C12CCN(Cc1ccc(N3CCCC3)cc1)CC2. The molecule has 1 unspecified atom stereocenters. The van der Waals surface area contributed by atoms with Gasteiger partial charge in [-0.25, -0.2) is 5.06 Å². The zero-order valence-electron chi connectivity index (χ0n) is 20.5. The van der Waals surface area contributed by atoms with Gasteiger partial charge in [-0.2, -0.15) is 0 Å². The summed E-state index contributed by atoms with van der Waals surface area (Å²) in [6, 6.07) is 18.7. The maximum atomic E-state index is 13.0. The fourth-order valence-electron chi connectivity index (χ4n) is 5.89. The van der Waals surface area contributed by atoms with E-state index in [0.29, 0.717) is 19.4 Å². The maximum Gasteiger partial charge on any atom is 0.311 e. The van der Waals surface area contributed by atoms with E-state index in [1.165, 1.54) is 36.3 Å². The fraction of sp³-hybridized carbons (Fsp3) is 0.500. The van der Waals surface area contributed by atoms with Crippen molar-refractivity contribution in [3.63, 3.8) is 0 Å². The Bertz CT molecular complexity index is 1010. The molecular formula is C28H35N3O4. The quantitative estimate of drug-likeness (QED) is 0.566. The minimum atomic E-state index is -0.658. The molecule has 0 radical (unpaired) electrons. The van der Waals surface area contributed by atoms with Gasteiger partial charge in [0.25, 0.3) is 0 Å². The van der Waals surface area contributed by atoms with Crippen LogP contribution in [0.4, 0.5) is 5.69 Å². The molecule has 2 aromatic carbocycles. The minimum Gasteiger partial charge on any atom is -0.469 e. The lowest BCUT2D eigenvalue weighted by molar-refractivity contribution is -0.229. The van der Waals surface area contributed by atoms with Crippen LogP contribution in [0.3, 0.4) is 0 Å². The van der Waals surface area contributed by atoms with E-state index in [1.807, 2.05) is 30.3 Å². The number of likely N-dealkylation sites (tertiary alicyclic amines) is 1. The summed E-state index contributed by atoms with van der Waals surface area (Å²) in [5, 5.41) is 1.52. The summed E-state index contributed by atoms with van der Waals surface area (Å²) in [6.45, 7) is 5.04. The third kappa shape index (κ3) is 4.93. The Morgan fingerprint density at radius 1 is 0.943 bits per heavy atom. The van der Waals surface area contributed by atoms with Gasteiger partial charge in [0.1, 0.15) is 6.61 Å². The van der Waals surface area contributed by atoms with Crippen molar-refractivity contribution in [3.8, 4) is 0 Å². The molecule has 186 valence electrons. The molecule has 3 saturated heterocycles. The number of methoxy groups -OCH3 is 1. The van der Waals surface area contributed by atoms with Gasteiger partial charge in [0, 0.05) is 44.8 Å².